The van der Waals surface area contributed by atoms with Gasteiger partial charge >= 0.3 is 0 Å². The van der Waals surface area contributed by atoms with Crippen LogP contribution in [0.3, 0.4) is 0 Å². The largest absolute Gasteiger partial charge is 0.378 e. The highest BCUT2D eigenvalue weighted by Gasteiger charge is 2.26. The number of morpholine rings is 1. The maximum absolute atomic E-state index is 12.9. The van der Waals surface area contributed by atoms with E-state index >= 15 is 0 Å². The summed E-state index contributed by atoms with van der Waals surface area (Å²) in [6.07, 6.45) is 4.79. The molecule has 2 fully saturated rings. The third-order valence-corrected chi connectivity index (χ3v) is 7.40. The van der Waals surface area contributed by atoms with E-state index in [1.165, 1.54) is 0 Å². The lowest BCUT2D eigenvalue weighted by atomic mass is 9.95. The highest BCUT2D eigenvalue weighted by Crippen LogP contribution is 2.31. The molecule has 2 aliphatic heterocycles. The van der Waals surface area contributed by atoms with Crippen LogP contribution < -0.4 is 10.2 Å². The van der Waals surface area contributed by atoms with Crippen LogP contribution in [0.4, 0.5) is 10.8 Å². The summed E-state index contributed by atoms with van der Waals surface area (Å²) in [6, 6.07) is 15.7. The number of piperidine rings is 1. The molecule has 176 valence electrons. The summed E-state index contributed by atoms with van der Waals surface area (Å²) >= 11 is 1.64. The van der Waals surface area contributed by atoms with Crippen molar-refractivity contribution in [3.05, 3.63) is 60.2 Å². The summed E-state index contributed by atoms with van der Waals surface area (Å²) in [5.41, 5.74) is 2.74. The molecule has 7 nitrogen and oxygen atoms in total. The molecule has 0 aliphatic carbocycles. The van der Waals surface area contributed by atoms with Crippen molar-refractivity contribution >= 4 is 50.3 Å². The van der Waals surface area contributed by atoms with E-state index in [-0.39, 0.29) is 17.7 Å². The molecule has 5 rings (SSSR count). The number of amides is 2. The molecule has 0 radical (unpaired) electrons. The fraction of sp³-hybridized carbons (Fsp3) is 0.346. The minimum absolute atomic E-state index is 0.00516. The quantitative estimate of drug-likeness (QED) is 0.563. The molecule has 2 aromatic carbocycles. The molecule has 1 aromatic heterocycles. The molecule has 3 heterocycles. The maximum Gasteiger partial charge on any atom is 0.246 e. The lowest BCUT2D eigenvalue weighted by Gasteiger charge is -2.30. The number of carbonyl (C=O) groups excluding carboxylic acids is 2. The van der Waals surface area contributed by atoms with E-state index in [4.69, 9.17) is 9.72 Å². The van der Waals surface area contributed by atoms with Crippen LogP contribution in [0.5, 0.6) is 0 Å². The van der Waals surface area contributed by atoms with Gasteiger partial charge in [-0.25, -0.2) is 4.98 Å². The molecular formula is C26H28N4O3S. The number of carbonyl (C=O) groups is 2. The second-order valence-corrected chi connectivity index (χ2v) is 9.62. The van der Waals surface area contributed by atoms with Crippen molar-refractivity contribution in [3.63, 3.8) is 0 Å². The van der Waals surface area contributed by atoms with Gasteiger partial charge in [-0.3, -0.25) is 9.59 Å². The zero-order valence-corrected chi connectivity index (χ0v) is 19.8. The van der Waals surface area contributed by atoms with Crippen molar-refractivity contribution in [2.75, 3.05) is 49.6 Å². The van der Waals surface area contributed by atoms with Crippen LogP contribution in [0.15, 0.2) is 54.6 Å². The van der Waals surface area contributed by atoms with Gasteiger partial charge in [0.1, 0.15) is 0 Å². The number of anilines is 2. The van der Waals surface area contributed by atoms with Gasteiger partial charge in [-0.2, -0.15) is 0 Å². The molecular weight excluding hydrogens is 448 g/mol. The third kappa shape index (κ3) is 5.29. The van der Waals surface area contributed by atoms with Gasteiger partial charge in [-0.1, -0.05) is 41.7 Å². The lowest BCUT2D eigenvalue weighted by Crippen LogP contribution is -2.40. The van der Waals surface area contributed by atoms with Crippen molar-refractivity contribution in [1.82, 2.24) is 9.88 Å². The number of hydrogen-bond acceptors (Lipinski definition) is 6. The topological polar surface area (TPSA) is 74.8 Å². The average molecular weight is 477 g/mol. The van der Waals surface area contributed by atoms with E-state index in [2.05, 4.69) is 10.2 Å². The highest BCUT2D eigenvalue weighted by molar-refractivity contribution is 7.22. The van der Waals surface area contributed by atoms with E-state index in [0.29, 0.717) is 25.9 Å². The van der Waals surface area contributed by atoms with Gasteiger partial charge in [0, 0.05) is 43.9 Å². The minimum atomic E-state index is -0.0942. The summed E-state index contributed by atoms with van der Waals surface area (Å²) < 4.78 is 6.49. The normalized spacial score (nSPS) is 17.4. The van der Waals surface area contributed by atoms with Gasteiger partial charge in [0.25, 0.3) is 0 Å². The molecule has 8 heteroatoms. The lowest BCUT2D eigenvalue weighted by molar-refractivity contribution is -0.130. The number of rotatable bonds is 5. The Bertz CT molecular complexity index is 1180. The summed E-state index contributed by atoms with van der Waals surface area (Å²) in [5, 5.41) is 4.07. The number of ether oxygens (including phenoxy) is 1. The number of nitrogens with zero attached hydrogens (tertiary/aromatic N) is 3. The third-order valence-electron chi connectivity index (χ3n) is 6.32. The van der Waals surface area contributed by atoms with E-state index in [9.17, 15) is 9.59 Å². The standard InChI is InChI=1S/C26H28N4O3S/c31-24(9-6-19-4-2-1-3-5-19)29-12-10-20(11-13-29)25(32)27-21-7-8-22-23(18-21)34-26(28-22)30-14-16-33-17-15-30/h1-9,18,20H,10-17H2,(H,27,32)/b9-6+. The zero-order chi connectivity index (χ0) is 23.3. The summed E-state index contributed by atoms with van der Waals surface area (Å²) in [4.78, 5) is 34.2. The molecule has 2 aliphatic rings. The molecule has 1 N–H and O–H groups in total. The van der Waals surface area contributed by atoms with Crippen LogP contribution in [-0.4, -0.2) is 61.1 Å². The Morgan fingerprint density at radius 3 is 2.56 bits per heavy atom. The van der Waals surface area contributed by atoms with Gasteiger partial charge in [0.05, 0.1) is 23.4 Å². The number of benzene rings is 2. The van der Waals surface area contributed by atoms with E-state index in [1.807, 2.05) is 59.5 Å². The second kappa shape index (κ2) is 10.4. The molecule has 0 atom stereocenters. The SMILES string of the molecule is O=C(Nc1ccc2nc(N3CCOCC3)sc2c1)C1CCN(C(=O)/C=C/c2ccccc2)CC1. The Morgan fingerprint density at radius 1 is 1.03 bits per heavy atom. The van der Waals surface area contributed by atoms with E-state index in [0.717, 1.165) is 52.9 Å². The first-order valence-electron chi connectivity index (χ1n) is 11.7. The molecule has 34 heavy (non-hydrogen) atoms. The van der Waals surface area contributed by atoms with Gasteiger partial charge in [-0.15, -0.1) is 0 Å². The van der Waals surface area contributed by atoms with Crippen LogP contribution in [0, 0.1) is 5.92 Å². The maximum atomic E-state index is 12.9. The molecule has 0 spiro atoms. The fourth-order valence-corrected chi connectivity index (χ4v) is 5.38. The van der Waals surface area contributed by atoms with Crippen LogP contribution in [-0.2, 0) is 14.3 Å². The van der Waals surface area contributed by atoms with Gasteiger partial charge < -0.3 is 19.9 Å². The second-order valence-electron chi connectivity index (χ2n) is 8.61. The van der Waals surface area contributed by atoms with Gasteiger partial charge in [0.2, 0.25) is 11.8 Å². The molecule has 2 saturated heterocycles. The van der Waals surface area contributed by atoms with Crippen molar-refractivity contribution in [3.8, 4) is 0 Å². The van der Waals surface area contributed by atoms with Gasteiger partial charge in [-0.05, 0) is 42.7 Å². The average Bonchev–Trinajstić information content (AvgIpc) is 3.32. The highest BCUT2D eigenvalue weighted by atomic mass is 32.1. The zero-order valence-electron chi connectivity index (χ0n) is 19.0. The Balaban J connectivity index is 1.15. The Labute approximate surface area is 203 Å². The first-order valence-corrected chi connectivity index (χ1v) is 12.5. The first-order chi connectivity index (χ1) is 16.7. The smallest absolute Gasteiger partial charge is 0.246 e. The van der Waals surface area contributed by atoms with Crippen molar-refractivity contribution in [2.45, 2.75) is 12.8 Å². The monoisotopic (exact) mass is 476 g/mol. The number of nitrogens with one attached hydrogen (secondary N) is 1. The summed E-state index contributed by atoms with van der Waals surface area (Å²) in [6.45, 7) is 4.34. The fourth-order valence-electron chi connectivity index (χ4n) is 4.32. The Morgan fingerprint density at radius 2 is 1.79 bits per heavy atom. The van der Waals surface area contributed by atoms with Crippen molar-refractivity contribution in [2.24, 2.45) is 5.92 Å². The van der Waals surface area contributed by atoms with Crippen LogP contribution in [0.1, 0.15) is 18.4 Å². The predicted octanol–water partition coefficient (Wildman–Crippen LogP) is 4.02. The number of aromatic nitrogens is 1. The molecule has 0 unspecified atom stereocenters. The van der Waals surface area contributed by atoms with Crippen molar-refractivity contribution in [1.29, 1.82) is 0 Å². The predicted molar refractivity (Wildman–Crippen MR) is 136 cm³/mol. The Kier molecular flexibility index (Phi) is 6.87. The number of thiazole rings is 1. The summed E-state index contributed by atoms with van der Waals surface area (Å²) in [7, 11) is 0. The number of hydrogen-bond donors (Lipinski definition) is 1. The molecule has 0 bridgehead atoms. The van der Waals surface area contributed by atoms with Crippen molar-refractivity contribution < 1.29 is 14.3 Å². The number of likely N-dealkylation sites (tertiary alicyclic amines) is 1. The van der Waals surface area contributed by atoms with Crippen LogP contribution in [0.25, 0.3) is 16.3 Å². The molecule has 3 aromatic rings. The van der Waals surface area contributed by atoms with Crippen LogP contribution >= 0.6 is 11.3 Å². The number of fused-ring (bicyclic) bond motifs is 1. The molecule has 2 amide bonds. The van der Waals surface area contributed by atoms with Gasteiger partial charge in [0.15, 0.2) is 5.13 Å². The first kappa shape index (κ1) is 22.6. The minimum Gasteiger partial charge on any atom is -0.378 e. The van der Waals surface area contributed by atoms with Crippen LogP contribution in [0.2, 0.25) is 0 Å². The van der Waals surface area contributed by atoms with E-state index in [1.54, 1.807) is 17.4 Å². The summed E-state index contributed by atoms with van der Waals surface area (Å²) in [5.74, 6) is -0.0816. The Hall–Kier alpha value is -3.23. The molecule has 0 saturated carbocycles. The van der Waals surface area contributed by atoms with E-state index < -0.39 is 0 Å².